The highest BCUT2D eigenvalue weighted by Gasteiger charge is 2.57. The summed E-state index contributed by atoms with van der Waals surface area (Å²) in [6.07, 6.45) is 5.21. The number of nitrogens with one attached hydrogen (secondary N) is 4. The van der Waals surface area contributed by atoms with Gasteiger partial charge in [0.2, 0.25) is 23.6 Å². The zero-order chi connectivity index (χ0) is 22.6. The number of amides is 4. The smallest absolute Gasteiger partial charge is 0.243 e. The molecule has 174 valence electrons. The summed E-state index contributed by atoms with van der Waals surface area (Å²) in [5.74, 6) is -0.251. The highest BCUT2D eigenvalue weighted by molar-refractivity contribution is 5.91. The summed E-state index contributed by atoms with van der Waals surface area (Å²) in [4.78, 5) is 50.5. The van der Waals surface area contributed by atoms with Gasteiger partial charge in [0, 0.05) is 26.1 Å². The maximum absolute atomic E-state index is 12.6. The summed E-state index contributed by atoms with van der Waals surface area (Å²) in [7, 11) is 1.67. The number of carbonyl (C=O) groups excluding carboxylic acids is 4. The maximum atomic E-state index is 12.6. The van der Waals surface area contributed by atoms with Crippen LogP contribution in [0.4, 0.5) is 0 Å². The highest BCUT2D eigenvalue weighted by atomic mass is 16.2. The Bertz CT molecular complexity index is 707. The molecule has 2 aliphatic heterocycles. The molecule has 0 radical (unpaired) electrons. The van der Waals surface area contributed by atoms with Crippen LogP contribution in [0, 0.1) is 16.7 Å². The van der Waals surface area contributed by atoms with Gasteiger partial charge in [-0.3, -0.25) is 19.2 Å². The Morgan fingerprint density at radius 3 is 2.32 bits per heavy atom. The third kappa shape index (κ3) is 5.75. The molecule has 3 rings (SSSR count). The van der Waals surface area contributed by atoms with Gasteiger partial charge in [0.1, 0.15) is 6.04 Å². The Morgan fingerprint density at radius 2 is 1.77 bits per heavy atom. The molecule has 31 heavy (non-hydrogen) atoms. The van der Waals surface area contributed by atoms with Gasteiger partial charge in [0.15, 0.2) is 0 Å². The third-order valence-corrected chi connectivity index (χ3v) is 6.98. The zero-order valence-electron chi connectivity index (χ0n) is 19.0. The van der Waals surface area contributed by atoms with Gasteiger partial charge in [-0.25, -0.2) is 0 Å². The van der Waals surface area contributed by atoms with Crippen molar-refractivity contribution in [3.05, 3.63) is 0 Å². The van der Waals surface area contributed by atoms with E-state index in [1.165, 1.54) is 0 Å². The average Bonchev–Trinajstić information content (AvgIpc) is 3.06. The molecule has 9 heteroatoms. The van der Waals surface area contributed by atoms with Crippen LogP contribution >= 0.6 is 0 Å². The Hall–Kier alpha value is -2.16. The lowest BCUT2D eigenvalue weighted by atomic mass is 9.49. The lowest BCUT2D eigenvalue weighted by Gasteiger charge is -2.57. The van der Waals surface area contributed by atoms with E-state index in [-0.39, 0.29) is 53.5 Å². The van der Waals surface area contributed by atoms with E-state index >= 15 is 0 Å². The highest BCUT2D eigenvalue weighted by Crippen LogP contribution is 2.61. The van der Waals surface area contributed by atoms with Gasteiger partial charge in [-0.15, -0.1) is 0 Å². The van der Waals surface area contributed by atoms with Gasteiger partial charge in [-0.1, -0.05) is 13.8 Å². The van der Waals surface area contributed by atoms with Crippen molar-refractivity contribution in [1.29, 1.82) is 0 Å². The summed E-state index contributed by atoms with van der Waals surface area (Å²) in [5.41, 5.74) is 0.423. The number of rotatable bonds is 8. The molecule has 3 aliphatic rings. The van der Waals surface area contributed by atoms with Gasteiger partial charge >= 0.3 is 0 Å². The van der Waals surface area contributed by atoms with Crippen molar-refractivity contribution in [2.75, 3.05) is 39.8 Å². The molecule has 0 unspecified atom stereocenters. The standard InChI is InChI=1S/C22H37N5O4/c1-15(2)8-16(26-18(29)10-23-3)20(31)24-11-19(30)27-6-4-21(5-7-27)12-22(13-21)9-17(28)25-14-22/h15-16,23H,4-14H2,1-3H3,(H,24,31)(H,25,28)(H,26,29)/t16-/m1/s1. The molecule has 4 amide bonds. The fourth-order valence-electron chi connectivity index (χ4n) is 5.63. The molecule has 0 aromatic rings. The van der Waals surface area contributed by atoms with Gasteiger partial charge in [0.25, 0.3) is 0 Å². The minimum atomic E-state index is -0.646. The minimum Gasteiger partial charge on any atom is -0.356 e. The second-order valence-corrected chi connectivity index (χ2v) is 10.2. The number of piperidine rings is 1. The molecule has 2 heterocycles. The van der Waals surface area contributed by atoms with E-state index in [4.69, 9.17) is 0 Å². The molecule has 1 atom stereocenters. The van der Waals surface area contributed by atoms with E-state index in [0.29, 0.717) is 25.9 Å². The van der Waals surface area contributed by atoms with Gasteiger partial charge in [-0.2, -0.15) is 0 Å². The predicted octanol–water partition coefficient (Wildman–Crippen LogP) is -0.238. The van der Waals surface area contributed by atoms with Crippen LogP contribution in [0.25, 0.3) is 0 Å². The second-order valence-electron chi connectivity index (χ2n) is 10.2. The molecule has 3 fully saturated rings. The SMILES string of the molecule is CNCC(=O)N[C@H](CC(C)C)C(=O)NCC(=O)N1CCC2(CC1)CC1(CNC(=O)C1)C2. The van der Waals surface area contributed by atoms with E-state index in [0.717, 1.165) is 32.2 Å². The monoisotopic (exact) mass is 435 g/mol. The number of hydrogen-bond acceptors (Lipinski definition) is 5. The van der Waals surface area contributed by atoms with E-state index in [1.54, 1.807) is 7.05 Å². The van der Waals surface area contributed by atoms with Crippen LogP contribution in [0.15, 0.2) is 0 Å². The molecule has 1 aliphatic carbocycles. The average molecular weight is 436 g/mol. The molecule has 9 nitrogen and oxygen atoms in total. The molecule has 2 spiro atoms. The van der Waals surface area contributed by atoms with E-state index in [9.17, 15) is 19.2 Å². The first-order valence-corrected chi connectivity index (χ1v) is 11.4. The topological polar surface area (TPSA) is 120 Å². The quantitative estimate of drug-likeness (QED) is 0.420. The normalized spacial score (nSPS) is 22.2. The van der Waals surface area contributed by atoms with Crippen LogP contribution < -0.4 is 21.3 Å². The van der Waals surface area contributed by atoms with E-state index in [2.05, 4.69) is 21.3 Å². The Labute approximate surface area is 184 Å². The van der Waals surface area contributed by atoms with Crippen LogP contribution in [0.3, 0.4) is 0 Å². The number of hydrogen-bond donors (Lipinski definition) is 4. The molecule has 0 aromatic carbocycles. The van der Waals surface area contributed by atoms with Crippen LogP contribution in [0.5, 0.6) is 0 Å². The Morgan fingerprint density at radius 1 is 1.10 bits per heavy atom. The van der Waals surface area contributed by atoms with E-state index in [1.807, 2.05) is 18.7 Å². The zero-order valence-corrected chi connectivity index (χ0v) is 19.0. The predicted molar refractivity (Wildman–Crippen MR) is 116 cm³/mol. The number of carbonyl (C=O) groups is 4. The van der Waals surface area contributed by atoms with Crippen LogP contribution in [-0.4, -0.2) is 74.3 Å². The lowest BCUT2D eigenvalue weighted by Crippen LogP contribution is -2.55. The first-order chi connectivity index (χ1) is 14.7. The van der Waals surface area contributed by atoms with Crippen LogP contribution in [0.2, 0.25) is 0 Å². The number of nitrogens with zero attached hydrogens (tertiary/aromatic N) is 1. The van der Waals surface area contributed by atoms with Crippen molar-refractivity contribution in [1.82, 2.24) is 26.2 Å². The van der Waals surface area contributed by atoms with Crippen molar-refractivity contribution in [3.63, 3.8) is 0 Å². The second kappa shape index (κ2) is 9.54. The molecule has 2 saturated heterocycles. The van der Waals surface area contributed by atoms with E-state index < -0.39 is 6.04 Å². The van der Waals surface area contributed by atoms with Gasteiger partial charge in [0.05, 0.1) is 13.1 Å². The third-order valence-electron chi connectivity index (χ3n) is 6.98. The fourth-order valence-corrected chi connectivity index (χ4v) is 5.63. The lowest BCUT2D eigenvalue weighted by molar-refractivity contribution is -0.139. The Kier molecular flexibility index (Phi) is 7.24. The van der Waals surface area contributed by atoms with Crippen molar-refractivity contribution < 1.29 is 19.2 Å². The summed E-state index contributed by atoms with van der Waals surface area (Å²) in [6, 6.07) is -0.646. The summed E-state index contributed by atoms with van der Waals surface area (Å²) in [6.45, 7) is 6.25. The minimum absolute atomic E-state index is 0.0509. The number of likely N-dealkylation sites (tertiary alicyclic amines) is 1. The molecular weight excluding hydrogens is 398 g/mol. The maximum Gasteiger partial charge on any atom is 0.243 e. The summed E-state index contributed by atoms with van der Waals surface area (Å²) >= 11 is 0. The first-order valence-electron chi connectivity index (χ1n) is 11.4. The summed E-state index contributed by atoms with van der Waals surface area (Å²) < 4.78 is 0. The molecular formula is C22H37N5O4. The van der Waals surface area contributed by atoms with Crippen LogP contribution in [0.1, 0.15) is 52.4 Å². The van der Waals surface area contributed by atoms with Crippen molar-refractivity contribution in [2.24, 2.45) is 16.7 Å². The summed E-state index contributed by atoms with van der Waals surface area (Å²) in [5, 5.41) is 11.2. The van der Waals surface area contributed by atoms with Crippen LogP contribution in [-0.2, 0) is 19.2 Å². The van der Waals surface area contributed by atoms with Crippen molar-refractivity contribution in [3.8, 4) is 0 Å². The first kappa shape index (κ1) is 23.5. The van der Waals surface area contributed by atoms with Gasteiger partial charge < -0.3 is 26.2 Å². The molecule has 0 bridgehead atoms. The largest absolute Gasteiger partial charge is 0.356 e. The van der Waals surface area contributed by atoms with Gasteiger partial charge in [-0.05, 0) is 55.9 Å². The fraction of sp³-hybridized carbons (Fsp3) is 0.818. The molecule has 0 aromatic heterocycles. The Balaban J connectivity index is 1.42. The van der Waals surface area contributed by atoms with Crippen molar-refractivity contribution in [2.45, 2.75) is 58.4 Å². The molecule has 1 saturated carbocycles. The van der Waals surface area contributed by atoms with Crippen molar-refractivity contribution >= 4 is 23.6 Å². The number of likely N-dealkylation sites (N-methyl/N-ethyl adjacent to an activating group) is 1. The molecule has 4 N–H and O–H groups in total.